The van der Waals surface area contributed by atoms with Crippen LogP contribution in [0.1, 0.15) is 75.3 Å². The zero-order chi connectivity index (χ0) is 24.9. The molecule has 0 radical (unpaired) electrons. The number of rotatable bonds is 11. The number of fused-ring (bicyclic) bond motifs is 1. The number of ether oxygens (including phenoxy) is 2. The molecule has 0 unspecified atom stereocenters. The highest BCUT2D eigenvalue weighted by Gasteiger charge is 2.12. The second kappa shape index (κ2) is 15.0. The first-order chi connectivity index (χ1) is 16.4. The average Bonchev–Trinajstić information content (AvgIpc) is 3.24. The van der Waals surface area contributed by atoms with Crippen molar-refractivity contribution in [3.8, 4) is 5.75 Å². The summed E-state index contributed by atoms with van der Waals surface area (Å²) >= 11 is 2.21. The monoisotopic (exact) mass is 580 g/mol. The molecule has 2 aromatic carbocycles. The summed E-state index contributed by atoms with van der Waals surface area (Å²) in [5, 5.41) is 10.2. The standard InChI is InChI=1S/C21H21IO5.C7H16/c1-3-25-20(24)10-15-5-4-13(2)6-19(15)26-12-14-7-16-9-17(11-23)27-21(16)18(22)8-14;1-3-5-7-6-4-2/h4-9,23H,3,10-12H2,1-2H3;3-7H2,1-2H3. The number of hydrogen-bond acceptors (Lipinski definition) is 5. The van der Waals surface area contributed by atoms with E-state index in [9.17, 15) is 9.90 Å². The van der Waals surface area contributed by atoms with Gasteiger partial charge in [-0.25, -0.2) is 0 Å². The molecule has 0 bridgehead atoms. The molecule has 5 nitrogen and oxygen atoms in total. The summed E-state index contributed by atoms with van der Waals surface area (Å²) in [5.41, 5.74) is 3.62. The summed E-state index contributed by atoms with van der Waals surface area (Å²) in [7, 11) is 0. The lowest BCUT2D eigenvalue weighted by Gasteiger charge is -2.13. The first-order valence-corrected chi connectivity index (χ1v) is 13.2. The third-order valence-corrected chi connectivity index (χ3v) is 6.10. The summed E-state index contributed by atoms with van der Waals surface area (Å²) in [4.78, 5) is 11.8. The number of hydrogen-bond donors (Lipinski definition) is 1. The minimum absolute atomic E-state index is 0.128. The van der Waals surface area contributed by atoms with Crippen LogP contribution in [0.2, 0.25) is 0 Å². The number of aliphatic hydroxyl groups excluding tert-OH is 1. The topological polar surface area (TPSA) is 68.9 Å². The Labute approximate surface area is 217 Å². The smallest absolute Gasteiger partial charge is 0.310 e. The fourth-order valence-corrected chi connectivity index (χ4v) is 4.35. The van der Waals surface area contributed by atoms with E-state index in [1.54, 1.807) is 6.92 Å². The fraction of sp³-hybridized carbons (Fsp3) is 0.464. The van der Waals surface area contributed by atoms with Gasteiger partial charge in [0, 0.05) is 10.9 Å². The molecule has 0 fully saturated rings. The predicted molar refractivity (Wildman–Crippen MR) is 145 cm³/mol. The summed E-state index contributed by atoms with van der Waals surface area (Å²) in [6, 6.07) is 11.6. The van der Waals surface area contributed by atoms with Crippen LogP contribution in [-0.4, -0.2) is 17.7 Å². The molecule has 0 aliphatic carbocycles. The molecule has 1 heterocycles. The maximum absolute atomic E-state index is 11.8. The minimum atomic E-state index is -0.267. The fourth-order valence-electron chi connectivity index (χ4n) is 3.53. The molecule has 0 aliphatic rings. The molecule has 1 aromatic heterocycles. The van der Waals surface area contributed by atoms with Crippen molar-refractivity contribution in [2.45, 2.75) is 79.4 Å². The van der Waals surface area contributed by atoms with E-state index in [0.717, 1.165) is 31.2 Å². The highest BCUT2D eigenvalue weighted by atomic mass is 127. The van der Waals surface area contributed by atoms with Crippen molar-refractivity contribution in [1.82, 2.24) is 0 Å². The highest BCUT2D eigenvalue weighted by Crippen LogP contribution is 2.28. The number of furan rings is 1. The van der Waals surface area contributed by atoms with Gasteiger partial charge in [0.1, 0.15) is 30.3 Å². The normalized spacial score (nSPS) is 10.6. The highest BCUT2D eigenvalue weighted by molar-refractivity contribution is 14.1. The number of unbranched alkanes of at least 4 members (excludes halogenated alkanes) is 4. The van der Waals surface area contributed by atoms with E-state index < -0.39 is 0 Å². The summed E-state index contributed by atoms with van der Waals surface area (Å²) < 4.78 is 17.6. The quantitative estimate of drug-likeness (QED) is 0.145. The zero-order valence-electron chi connectivity index (χ0n) is 20.8. The first-order valence-electron chi connectivity index (χ1n) is 12.1. The van der Waals surface area contributed by atoms with Crippen molar-refractivity contribution in [1.29, 1.82) is 0 Å². The Balaban J connectivity index is 0.000000509. The average molecular weight is 581 g/mol. The van der Waals surface area contributed by atoms with Crippen LogP contribution < -0.4 is 4.74 Å². The predicted octanol–water partition coefficient (Wildman–Crippen LogP) is 7.50. The number of esters is 1. The van der Waals surface area contributed by atoms with Crippen LogP contribution in [0, 0.1) is 10.5 Å². The second-order valence-corrected chi connectivity index (χ2v) is 9.47. The molecular weight excluding hydrogens is 543 g/mol. The van der Waals surface area contributed by atoms with Crippen LogP contribution >= 0.6 is 22.6 Å². The Hall–Kier alpha value is -2.06. The molecule has 0 spiro atoms. The number of carbonyl (C=O) groups is 1. The van der Waals surface area contributed by atoms with E-state index in [-0.39, 0.29) is 19.0 Å². The molecule has 0 atom stereocenters. The van der Waals surface area contributed by atoms with E-state index in [0.29, 0.717) is 24.7 Å². The van der Waals surface area contributed by atoms with Crippen LogP contribution in [0.5, 0.6) is 5.75 Å². The number of benzene rings is 2. The Morgan fingerprint density at radius 1 is 1.03 bits per heavy atom. The van der Waals surface area contributed by atoms with Gasteiger partial charge in [-0.15, -0.1) is 0 Å². The molecule has 3 rings (SSSR count). The third kappa shape index (κ3) is 8.95. The molecule has 1 N–H and O–H groups in total. The maximum Gasteiger partial charge on any atom is 0.310 e. The van der Waals surface area contributed by atoms with Gasteiger partial charge in [0.05, 0.1) is 16.6 Å². The van der Waals surface area contributed by atoms with Gasteiger partial charge >= 0.3 is 5.97 Å². The van der Waals surface area contributed by atoms with E-state index in [2.05, 4.69) is 36.4 Å². The van der Waals surface area contributed by atoms with E-state index in [1.165, 1.54) is 32.1 Å². The van der Waals surface area contributed by atoms with Crippen molar-refractivity contribution in [2.75, 3.05) is 6.61 Å². The van der Waals surface area contributed by atoms with Gasteiger partial charge in [0.25, 0.3) is 0 Å². The van der Waals surface area contributed by atoms with Crippen molar-refractivity contribution < 1.29 is 23.8 Å². The molecule has 34 heavy (non-hydrogen) atoms. The van der Waals surface area contributed by atoms with Crippen LogP contribution in [0.25, 0.3) is 11.0 Å². The van der Waals surface area contributed by atoms with Gasteiger partial charge in [-0.05, 0) is 71.8 Å². The van der Waals surface area contributed by atoms with Gasteiger partial charge < -0.3 is 19.0 Å². The lowest BCUT2D eigenvalue weighted by atomic mass is 10.1. The maximum atomic E-state index is 11.8. The lowest BCUT2D eigenvalue weighted by molar-refractivity contribution is -0.142. The van der Waals surface area contributed by atoms with E-state index in [1.807, 2.05) is 43.3 Å². The molecule has 0 aliphatic heterocycles. The van der Waals surface area contributed by atoms with Gasteiger partial charge in [-0.1, -0.05) is 58.1 Å². The summed E-state index contributed by atoms with van der Waals surface area (Å²) in [6.45, 7) is 8.87. The number of halogens is 1. The van der Waals surface area contributed by atoms with Gasteiger partial charge in [-0.3, -0.25) is 4.79 Å². The molecule has 0 amide bonds. The van der Waals surface area contributed by atoms with Crippen LogP contribution in [0.4, 0.5) is 0 Å². The molecule has 3 aromatic rings. The van der Waals surface area contributed by atoms with Gasteiger partial charge in [0.2, 0.25) is 0 Å². The Morgan fingerprint density at radius 2 is 1.76 bits per heavy atom. The largest absolute Gasteiger partial charge is 0.489 e. The number of carbonyl (C=O) groups excluding carboxylic acids is 1. The van der Waals surface area contributed by atoms with Crippen molar-refractivity contribution in [3.63, 3.8) is 0 Å². The van der Waals surface area contributed by atoms with Crippen LogP contribution in [-0.2, 0) is 29.2 Å². The SMILES string of the molecule is CCCCCCC.CCOC(=O)Cc1ccc(C)cc1OCc1cc(I)c2oc(CO)cc2c1. The molecule has 0 saturated heterocycles. The van der Waals surface area contributed by atoms with Gasteiger partial charge in [-0.2, -0.15) is 0 Å². The zero-order valence-corrected chi connectivity index (χ0v) is 22.9. The van der Waals surface area contributed by atoms with Crippen molar-refractivity contribution in [3.05, 3.63) is 62.4 Å². The minimum Gasteiger partial charge on any atom is -0.489 e. The summed E-state index contributed by atoms with van der Waals surface area (Å²) in [5.74, 6) is 0.954. The first kappa shape index (κ1) is 28.2. The third-order valence-electron chi connectivity index (χ3n) is 5.30. The lowest BCUT2D eigenvalue weighted by Crippen LogP contribution is -2.09. The molecule has 0 saturated carbocycles. The Kier molecular flexibility index (Phi) is 12.5. The van der Waals surface area contributed by atoms with E-state index in [4.69, 9.17) is 13.9 Å². The van der Waals surface area contributed by atoms with Gasteiger partial charge in [0.15, 0.2) is 0 Å². The second-order valence-electron chi connectivity index (χ2n) is 8.31. The molecule has 6 heteroatoms. The van der Waals surface area contributed by atoms with E-state index >= 15 is 0 Å². The molecule has 186 valence electrons. The van der Waals surface area contributed by atoms with Crippen LogP contribution in [0.15, 0.2) is 40.8 Å². The summed E-state index contributed by atoms with van der Waals surface area (Å²) in [6.07, 6.45) is 7.19. The molecular formula is C28H37IO5. The number of aryl methyl sites for hydroxylation is 1. The number of aliphatic hydroxyl groups is 1. The van der Waals surface area contributed by atoms with Crippen molar-refractivity contribution >= 4 is 39.5 Å². The van der Waals surface area contributed by atoms with Crippen LogP contribution in [0.3, 0.4) is 0 Å². The Bertz CT molecular complexity index is 1040. The van der Waals surface area contributed by atoms with Crippen molar-refractivity contribution in [2.24, 2.45) is 0 Å². The Morgan fingerprint density at radius 3 is 2.41 bits per heavy atom.